The number of aromatic nitrogens is 1. The van der Waals surface area contributed by atoms with Crippen LogP contribution in [0.15, 0.2) is 29.5 Å². The Morgan fingerprint density at radius 3 is 2.60 bits per heavy atom. The fraction of sp³-hybridized carbons (Fsp3) is 0.600. The second kappa shape index (κ2) is 4.19. The SMILES string of the molecule is CN1[C@@H]2CC[C@H]1CC1(CN=C(c3cc[n+]([O-])cc3)N1)C2. The monoisotopic (exact) mass is 272 g/mol. The molecule has 1 spiro atoms. The van der Waals surface area contributed by atoms with E-state index in [4.69, 9.17) is 4.99 Å². The van der Waals surface area contributed by atoms with Crippen LogP contribution in [-0.2, 0) is 0 Å². The summed E-state index contributed by atoms with van der Waals surface area (Å²) in [6.07, 6.45) is 8.07. The molecule has 5 nitrogen and oxygen atoms in total. The van der Waals surface area contributed by atoms with Crippen molar-refractivity contribution in [2.24, 2.45) is 4.99 Å². The lowest BCUT2D eigenvalue weighted by molar-refractivity contribution is -0.605. The number of nitrogens with one attached hydrogen (secondary N) is 1. The summed E-state index contributed by atoms with van der Waals surface area (Å²) in [7, 11) is 2.26. The normalized spacial score (nSPS) is 36.1. The number of hydrogen-bond donors (Lipinski definition) is 1. The van der Waals surface area contributed by atoms with Gasteiger partial charge in [-0.25, -0.2) is 0 Å². The maximum Gasteiger partial charge on any atom is 0.181 e. The summed E-state index contributed by atoms with van der Waals surface area (Å²) in [4.78, 5) is 7.26. The highest BCUT2D eigenvalue weighted by Crippen LogP contribution is 2.41. The van der Waals surface area contributed by atoms with E-state index in [1.54, 1.807) is 0 Å². The number of rotatable bonds is 1. The molecule has 4 heterocycles. The van der Waals surface area contributed by atoms with Crippen LogP contribution in [0.4, 0.5) is 0 Å². The van der Waals surface area contributed by atoms with E-state index in [0.717, 1.165) is 22.7 Å². The molecule has 5 heteroatoms. The van der Waals surface area contributed by atoms with Gasteiger partial charge >= 0.3 is 0 Å². The quantitative estimate of drug-likeness (QED) is 0.604. The molecule has 0 radical (unpaired) electrons. The molecular weight excluding hydrogens is 252 g/mol. The first kappa shape index (κ1) is 12.1. The molecule has 3 aliphatic heterocycles. The number of pyridine rings is 1. The molecule has 1 N–H and O–H groups in total. The molecule has 0 saturated carbocycles. The molecule has 20 heavy (non-hydrogen) atoms. The van der Waals surface area contributed by atoms with Crippen LogP contribution in [0.3, 0.4) is 0 Å². The van der Waals surface area contributed by atoms with Gasteiger partial charge in [-0.15, -0.1) is 0 Å². The molecular formula is C15H20N4O. The van der Waals surface area contributed by atoms with Crippen molar-refractivity contribution in [2.45, 2.75) is 43.3 Å². The number of nitrogens with zero attached hydrogens (tertiary/aromatic N) is 3. The summed E-state index contributed by atoms with van der Waals surface area (Å²) in [5, 5.41) is 14.8. The Balaban J connectivity index is 1.54. The minimum atomic E-state index is 0.150. The zero-order valence-corrected chi connectivity index (χ0v) is 11.7. The third kappa shape index (κ3) is 1.80. The van der Waals surface area contributed by atoms with Crippen molar-refractivity contribution in [3.8, 4) is 0 Å². The Morgan fingerprint density at radius 1 is 1.30 bits per heavy atom. The van der Waals surface area contributed by atoms with Crippen molar-refractivity contribution < 1.29 is 4.73 Å². The number of fused-ring (bicyclic) bond motifs is 2. The van der Waals surface area contributed by atoms with Gasteiger partial charge in [0.25, 0.3) is 0 Å². The molecule has 0 amide bonds. The van der Waals surface area contributed by atoms with Crippen molar-refractivity contribution in [2.75, 3.05) is 13.6 Å². The molecule has 2 bridgehead atoms. The maximum absolute atomic E-state index is 11.1. The molecule has 2 fully saturated rings. The Kier molecular flexibility index (Phi) is 2.54. The first-order valence-corrected chi connectivity index (χ1v) is 7.39. The van der Waals surface area contributed by atoms with Crippen LogP contribution in [0.5, 0.6) is 0 Å². The average Bonchev–Trinajstić information content (AvgIpc) is 2.91. The van der Waals surface area contributed by atoms with Gasteiger partial charge in [-0.3, -0.25) is 4.99 Å². The van der Waals surface area contributed by atoms with Crippen molar-refractivity contribution in [3.63, 3.8) is 0 Å². The highest BCUT2D eigenvalue weighted by atomic mass is 16.5. The third-order valence-corrected chi connectivity index (χ3v) is 5.24. The van der Waals surface area contributed by atoms with Crippen LogP contribution in [0.25, 0.3) is 0 Å². The highest BCUT2D eigenvalue weighted by Gasteiger charge is 2.48. The smallest absolute Gasteiger partial charge is 0.181 e. The Bertz CT molecular complexity index is 539. The molecule has 1 aromatic heterocycles. The summed E-state index contributed by atoms with van der Waals surface area (Å²) < 4.78 is 0.810. The summed E-state index contributed by atoms with van der Waals surface area (Å²) in [5.41, 5.74) is 1.16. The molecule has 4 rings (SSSR count). The van der Waals surface area contributed by atoms with E-state index < -0.39 is 0 Å². The Morgan fingerprint density at radius 2 is 1.95 bits per heavy atom. The van der Waals surface area contributed by atoms with Gasteiger partial charge in [-0.05, 0) is 32.7 Å². The van der Waals surface area contributed by atoms with Crippen molar-refractivity contribution in [1.82, 2.24) is 10.2 Å². The molecule has 1 unspecified atom stereocenters. The van der Waals surface area contributed by atoms with E-state index in [2.05, 4.69) is 17.3 Å². The average molecular weight is 272 g/mol. The topological polar surface area (TPSA) is 54.6 Å². The second-order valence-corrected chi connectivity index (χ2v) is 6.48. The van der Waals surface area contributed by atoms with E-state index in [-0.39, 0.29) is 5.54 Å². The first-order chi connectivity index (χ1) is 9.65. The van der Waals surface area contributed by atoms with Gasteiger partial charge in [0, 0.05) is 29.8 Å². The fourth-order valence-electron chi connectivity index (χ4n) is 4.09. The van der Waals surface area contributed by atoms with Gasteiger partial charge in [0.05, 0.1) is 12.1 Å². The van der Waals surface area contributed by atoms with Crippen LogP contribution in [-0.4, -0.2) is 42.0 Å². The summed E-state index contributed by atoms with van der Waals surface area (Å²) >= 11 is 0. The van der Waals surface area contributed by atoms with E-state index in [1.165, 1.54) is 38.1 Å². The van der Waals surface area contributed by atoms with Gasteiger partial charge in [-0.1, -0.05) is 0 Å². The molecule has 3 aliphatic rings. The highest BCUT2D eigenvalue weighted by molar-refractivity contribution is 6.00. The first-order valence-electron chi connectivity index (χ1n) is 7.39. The third-order valence-electron chi connectivity index (χ3n) is 5.24. The molecule has 106 valence electrons. The van der Waals surface area contributed by atoms with Gasteiger partial charge in [-0.2, -0.15) is 4.73 Å². The molecule has 0 aliphatic carbocycles. The van der Waals surface area contributed by atoms with Gasteiger partial charge in [0.2, 0.25) is 0 Å². The standard InChI is InChI=1S/C15H20N4O/c1-18-12-2-3-13(18)9-15(8-12)10-16-14(17-15)11-4-6-19(20)7-5-11/h4-7,12-13H,2-3,8-10H2,1H3,(H,16,17)/t12-,13+,15?. The largest absolute Gasteiger partial charge is 0.619 e. The number of hydrogen-bond acceptors (Lipinski definition) is 4. The lowest BCUT2D eigenvalue weighted by Gasteiger charge is -2.43. The lowest BCUT2D eigenvalue weighted by Crippen LogP contribution is -2.57. The zero-order valence-electron chi connectivity index (χ0n) is 11.7. The van der Waals surface area contributed by atoms with Gasteiger partial charge < -0.3 is 15.4 Å². The predicted molar refractivity (Wildman–Crippen MR) is 76.5 cm³/mol. The van der Waals surface area contributed by atoms with Gasteiger partial charge in [0.1, 0.15) is 5.84 Å². The van der Waals surface area contributed by atoms with Crippen LogP contribution >= 0.6 is 0 Å². The van der Waals surface area contributed by atoms with Crippen molar-refractivity contribution >= 4 is 5.84 Å². The summed E-state index contributed by atoms with van der Waals surface area (Å²) in [6, 6.07) is 5.08. The number of aliphatic imine (C=N–C) groups is 1. The number of piperidine rings is 1. The van der Waals surface area contributed by atoms with Gasteiger partial charge in [0.15, 0.2) is 12.4 Å². The summed E-state index contributed by atoms with van der Waals surface area (Å²) in [5.74, 6) is 0.953. The second-order valence-electron chi connectivity index (χ2n) is 6.48. The molecule has 2 saturated heterocycles. The fourth-order valence-corrected chi connectivity index (χ4v) is 4.09. The minimum absolute atomic E-state index is 0.150. The van der Waals surface area contributed by atoms with Crippen molar-refractivity contribution in [3.05, 3.63) is 35.3 Å². The summed E-state index contributed by atoms with van der Waals surface area (Å²) in [6.45, 7) is 0.870. The van der Waals surface area contributed by atoms with Crippen molar-refractivity contribution in [1.29, 1.82) is 0 Å². The van der Waals surface area contributed by atoms with E-state index in [0.29, 0.717) is 12.1 Å². The van der Waals surface area contributed by atoms with Crippen LogP contribution in [0.2, 0.25) is 0 Å². The minimum Gasteiger partial charge on any atom is -0.619 e. The van der Waals surface area contributed by atoms with E-state index in [1.807, 2.05) is 12.1 Å². The zero-order chi connectivity index (χ0) is 13.7. The Labute approximate surface area is 118 Å². The van der Waals surface area contributed by atoms with Crippen LogP contribution in [0, 0.1) is 5.21 Å². The molecule has 0 aromatic carbocycles. The van der Waals surface area contributed by atoms with E-state index in [9.17, 15) is 5.21 Å². The number of amidine groups is 1. The van der Waals surface area contributed by atoms with E-state index >= 15 is 0 Å². The van der Waals surface area contributed by atoms with Crippen LogP contribution < -0.4 is 10.0 Å². The van der Waals surface area contributed by atoms with Crippen LogP contribution in [0.1, 0.15) is 31.2 Å². The Hall–Kier alpha value is -1.62. The molecule has 3 atom stereocenters. The lowest BCUT2D eigenvalue weighted by atomic mass is 9.83. The predicted octanol–water partition coefficient (Wildman–Crippen LogP) is 0.665. The molecule has 1 aromatic rings. The maximum atomic E-state index is 11.1.